The van der Waals surface area contributed by atoms with E-state index in [2.05, 4.69) is 0 Å². The second kappa shape index (κ2) is 8.75. The van der Waals surface area contributed by atoms with E-state index in [0.717, 1.165) is 5.56 Å². The van der Waals surface area contributed by atoms with E-state index >= 15 is 0 Å². The maximum Gasteiger partial charge on any atom is 0.193 e. The van der Waals surface area contributed by atoms with Crippen LogP contribution in [0.5, 0.6) is 0 Å². The molecule has 1 heterocycles. The third-order valence-corrected chi connectivity index (χ3v) is 2.69. The maximum atomic E-state index is 11.9. The molecule has 21 heavy (non-hydrogen) atoms. The fraction of sp³-hybridized carbons (Fsp3) is 0.211. The molecule has 0 spiro atoms. The minimum Gasteiger partial charge on any atom is -0.456 e. The van der Waals surface area contributed by atoms with E-state index in [9.17, 15) is 4.79 Å². The van der Waals surface area contributed by atoms with Crippen molar-refractivity contribution in [3.8, 4) is 11.3 Å². The number of benzene rings is 2. The molecule has 0 saturated heterocycles. The lowest BCUT2D eigenvalue weighted by molar-refractivity contribution is 0.619. The summed E-state index contributed by atoms with van der Waals surface area (Å²) in [5.74, 6) is 0.606. The summed E-state index contributed by atoms with van der Waals surface area (Å²) in [5, 5.41) is 0.618. The molecule has 0 saturated carbocycles. The molecule has 0 aliphatic heterocycles. The lowest BCUT2D eigenvalue weighted by Gasteiger charge is -2.02. The van der Waals surface area contributed by atoms with E-state index in [4.69, 9.17) is 4.42 Å². The molecular weight excluding hydrogens is 260 g/mol. The van der Waals surface area contributed by atoms with Crippen molar-refractivity contribution < 1.29 is 4.42 Å². The van der Waals surface area contributed by atoms with Gasteiger partial charge in [0.05, 0.1) is 5.39 Å². The standard InChI is InChI=1S/C15H10O2.2C2H6/c16-13-10-15(11-6-2-1-3-7-11)17-14-9-5-4-8-12(13)14;2*1-2/h1-10H;2*1-2H3. The molecule has 0 unspecified atom stereocenters. The number of hydrogen-bond donors (Lipinski definition) is 0. The average Bonchev–Trinajstić information content (AvgIpc) is 2.59. The largest absolute Gasteiger partial charge is 0.456 e. The predicted molar refractivity (Wildman–Crippen MR) is 90.6 cm³/mol. The first-order valence-electron chi connectivity index (χ1n) is 7.43. The Kier molecular flexibility index (Phi) is 6.96. The Morgan fingerprint density at radius 3 is 2.00 bits per heavy atom. The third-order valence-electron chi connectivity index (χ3n) is 2.69. The molecule has 0 bridgehead atoms. The van der Waals surface area contributed by atoms with Crippen LogP contribution in [0.1, 0.15) is 27.7 Å². The first kappa shape index (κ1) is 16.7. The van der Waals surface area contributed by atoms with Crippen molar-refractivity contribution in [2.75, 3.05) is 0 Å². The minimum atomic E-state index is -0.00861. The molecule has 0 atom stereocenters. The van der Waals surface area contributed by atoms with E-state index in [1.807, 2.05) is 76.2 Å². The normalized spacial score (nSPS) is 9.14. The summed E-state index contributed by atoms with van der Waals surface area (Å²) in [4.78, 5) is 11.9. The van der Waals surface area contributed by atoms with Gasteiger partial charge in [0.2, 0.25) is 0 Å². The summed E-state index contributed by atoms with van der Waals surface area (Å²) >= 11 is 0. The Morgan fingerprint density at radius 2 is 1.33 bits per heavy atom. The van der Waals surface area contributed by atoms with Crippen molar-refractivity contribution in [2.45, 2.75) is 27.7 Å². The summed E-state index contributed by atoms with van der Waals surface area (Å²) in [5.41, 5.74) is 1.53. The van der Waals surface area contributed by atoms with Crippen LogP contribution >= 0.6 is 0 Å². The van der Waals surface area contributed by atoms with Gasteiger partial charge in [0, 0.05) is 11.6 Å². The zero-order valence-electron chi connectivity index (χ0n) is 13.1. The average molecular weight is 282 g/mol. The second-order valence-corrected chi connectivity index (χ2v) is 3.84. The number of hydrogen-bond acceptors (Lipinski definition) is 2. The number of fused-ring (bicyclic) bond motifs is 1. The van der Waals surface area contributed by atoms with Gasteiger partial charge in [0.15, 0.2) is 5.43 Å². The predicted octanol–water partition coefficient (Wildman–Crippen LogP) is 5.51. The van der Waals surface area contributed by atoms with Crippen molar-refractivity contribution >= 4 is 11.0 Å². The first-order chi connectivity index (χ1) is 10.3. The topological polar surface area (TPSA) is 30.2 Å². The van der Waals surface area contributed by atoms with Crippen LogP contribution in [0.2, 0.25) is 0 Å². The zero-order chi connectivity index (χ0) is 15.7. The van der Waals surface area contributed by atoms with E-state index < -0.39 is 0 Å². The minimum absolute atomic E-state index is 0.00861. The van der Waals surface area contributed by atoms with Gasteiger partial charge in [-0.15, -0.1) is 0 Å². The highest BCUT2D eigenvalue weighted by Crippen LogP contribution is 2.21. The quantitative estimate of drug-likeness (QED) is 0.589. The molecule has 0 aliphatic rings. The molecule has 0 radical (unpaired) electrons. The lowest BCUT2D eigenvalue weighted by atomic mass is 10.1. The molecule has 0 N–H and O–H groups in total. The van der Waals surface area contributed by atoms with Crippen LogP contribution in [-0.4, -0.2) is 0 Å². The Morgan fingerprint density at radius 1 is 0.762 bits per heavy atom. The Bertz CT molecular complexity index is 712. The summed E-state index contributed by atoms with van der Waals surface area (Å²) in [6, 6.07) is 18.4. The fourth-order valence-electron chi connectivity index (χ4n) is 1.85. The van der Waals surface area contributed by atoms with Gasteiger partial charge in [0.1, 0.15) is 11.3 Å². The summed E-state index contributed by atoms with van der Waals surface area (Å²) in [6.45, 7) is 8.00. The highest BCUT2D eigenvalue weighted by atomic mass is 16.3. The van der Waals surface area contributed by atoms with E-state index in [-0.39, 0.29) is 5.43 Å². The molecule has 0 fully saturated rings. The summed E-state index contributed by atoms with van der Waals surface area (Å²) < 4.78 is 5.73. The molecule has 0 aliphatic carbocycles. The summed E-state index contributed by atoms with van der Waals surface area (Å²) in [7, 11) is 0. The van der Waals surface area contributed by atoms with Gasteiger partial charge < -0.3 is 4.42 Å². The Labute approximate surface area is 126 Å². The van der Waals surface area contributed by atoms with Crippen molar-refractivity contribution in [3.63, 3.8) is 0 Å². The first-order valence-corrected chi connectivity index (χ1v) is 7.43. The molecule has 3 rings (SSSR count). The maximum absolute atomic E-state index is 11.9. The molecule has 2 nitrogen and oxygen atoms in total. The van der Waals surface area contributed by atoms with Gasteiger partial charge in [-0.05, 0) is 12.1 Å². The Hall–Kier alpha value is -2.35. The van der Waals surface area contributed by atoms with Crippen LogP contribution < -0.4 is 5.43 Å². The fourth-order valence-corrected chi connectivity index (χ4v) is 1.85. The molecule has 1 aromatic heterocycles. The van der Waals surface area contributed by atoms with Gasteiger partial charge in [-0.3, -0.25) is 4.79 Å². The SMILES string of the molecule is CC.CC.O=c1cc(-c2ccccc2)oc2ccccc12. The van der Waals surface area contributed by atoms with Gasteiger partial charge in [-0.1, -0.05) is 70.2 Å². The molecular formula is C19H22O2. The number of para-hydroxylation sites is 1. The van der Waals surface area contributed by atoms with Crippen LogP contribution in [0.15, 0.2) is 69.9 Å². The van der Waals surface area contributed by atoms with Crippen LogP contribution in [0.3, 0.4) is 0 Å². The van der Waals surface area contributed by atoms with Crippen molar-refractivity contribution in [1.29, 1.82) is 0 Å². The molecule has 2 aromatic carbocycles. The van der Waals surface area contributed by atoms with E-state index in [0.29, 0.717) is 16.7 Å². The molecule has 3 aromatic rings. The van der Waals surface area contributed by atoms with Crippen molar-refractivity contribution in [2.24, 2.45) is 0 Å². The molecule has 2 heteroatoms. The highest BCUT2D eigenvalue weighted by molar-refractivity contribution is 5.78. The van der Waals surface area contributed by atoms with Crippen LogP contribution in [-0.2, 0) is 0 Å². The van der Waals surface area contributed by atoms with Crippen molar-refractivity contribution in [1.82, 2.24) is 0 Å². The van der Waals surface area contributed by atoms with Crippen LogP contribution in [0, 0.1) is 0 Å². The smallest absolute Gasteiger partial charge is 0.193 e. The van der Waals surface area contributed by atoms with Gasteiger partial charge in [0.25, 0.3) is 0 Å². The monoisotopic (exact) mass is 282 g/mol. The van der Waals surface area contributed by atoms with E-state index in [1.165, 1.54) is 6.07 Å². The van der Waals surface area contributed by atoms with Crippen LogP contribution in [0.4, 0.5) is 0 Å². The van der Waals surface area contributed by atoms with Gasteiger partial charge in [-0.2, -0.15) is 0 Å². The van der Waals surface area contributed by atoms with Gasteiger partial charge in [-0.25, -0.2) is 0 Å². The zero-order valence-corrected chi connectivity index (χ0v) is 13.1. The highest BCUT2D eigenvalue weighted by Gasteiger charge is 2.05. The molecule has 110 valence electrons. The Balaban J connectivity index is 0.000000510. The van der Waals surface area contributed by atoms with E-state index in [1.54, 1.807) is 6.07 Å². The number of rotatable bonds is 1. The second-order valence-electron chi connectivity index (χ2n) is 3.84. The van der Waals surface area contributed by atoms with Crippen molar-refractivity contribution in [3.05, 3.63) is 70.9 Å². The van der Waals surface area contributed by atoms with Crippen LogP contribution in [0.25, 0.3) is 22.3 Å². The third kappa shape index (κ3) is 4.06. The van der Waals surface area contributed by atoms with Gasteiger partial charge >= 0.3 is 0 Å². The molecule has 0 amide bonds. The summed E-state index contributed by atoms with van der Waals surface area (Å²) in [6.07, 6.45) is 0. The lowest BCUT2D eigenvalue weighted by Crippen LogP contribution is -1.99.